The molecule has 0 aromatic heterocycles. The number of rotatable bonds is 8. The lowest BCUT2D eigenvalue weighted by Crippen LogP contribution is -2.39. The summed E-state index contributed by atoms with van der Waals surface area (Å²) in [4.78, 5) is 24.6. The predicted molar refractivity (Wildman–Crippen MR) is 111 cm³/mol. The lowest BCUT2D eigenvalue weighted by Gasteiger charge is -2.23. The lowest BCUT2D eigenvalue weighted by molar-refractivity contribution is -0.155. The Labute approximate surface area is 172 Å². The van der Waals surface area contributed by atoms with Crippen LogP contribution in [0.5, 0.6) is 5.75 Å². The van der Waals surface area contributed by atoms with Gasteiger partial charge in [-0.3, -0.25) is 4.79 Å². The Morgan fingerprint density at radius 1 is 1.00 bits per heavy atom. The Morgan fingerprint density at radius 3 is 2.34 bits per heavy atom. The zero-order valence-electron chi connectivity index (χ0n) is 17.4. The molecule has 0 aliphatic heterocycles. The maximum Gasteiger partial charge on any atom is 0.407 e. The largest absolute Gasteiger partial charge is 0.497 e. The van der Waals surface area contributed by atoms with Crippen LogP contribution in [0, 0.1) is 0 Å². The molecule has 2 aromatic rings. The second-order valence-electron chi connectivity index (χ2n) is 7.75. The molecule has 0 bridgehead atoms. The number of alkyl carbamates (subject to hydrolysis) is 1. The summed E-state index contributed by atoms with van der Waals surface area (Å²) in [5.41, 5.74) is 1.23. The third-order valence-corrected chi connectivity index (χ3v) is 3.98. The van der Waals surface area contributed by atoms with Gasteiger partial charge >= 0.3 is 12.1 Å². The molecule has 1 atom stereocenters. The molecule has 156 valence electrons. The highest BCUT2D eigenvalue weighted by atomic mass is 16.6. The molecule has 1 N–H and O–H groups in total. The molecule has 0 saturated heterocycles. The van der Waals surface area contributed by atoms with Crippen molar-refractivity contribution in [3.63, 3.8) is 0 Å². The first-order valence-corrected chi connectivity index (χ1v) is 9.57. The van der Waals surface area contributed by atoms with Crippen molar-refractivity contribution in [1.29, 1.82) is 0 Å². The fourth-order valence-corrected chi connectivity index (χ4v) is 2.77. The van der Waals surface area contributed by atoms with E-state index in [0.717, 1.165) is 11.1 Å². The number of methoxy groups -OCH3 is 1. The minimum Gasteiger partial charge on any atom is -0.497 e. The number of hydrogen-bond acceptors (Lipinski definition) is 5. The van der Waals surface area contributed by atoms with E-state index in [1.807, 2.05) is 75.4 Å². The second kappa shape index (κ2) is 10.5. The van der Waals surface area contributed by atoms with Gasteiger partial charge in [-0.2, -0.15) is 0 Å². The van der Waals surface area contributed by atoms with Gasteiger partial charge in [0, 0.05) is 6.04 Å². The number of carbonyl (C=O) groups excluding carboxylic acids is 2. The normalized spacial score (nSPS) is 12.0. The summed E-state index contributed by atoms with van der Waals surface area (Å²) in [5, 5.41) is 2.79. The van der Waals surface area contributed by atoms with Gasteiger partial charge in [-0.05, 0) is 50.5 Å². The van der Waals surface area contributed by atoms with Crippen LogP contribution in [0.25, 0.3) is 0 Å². The summed E-state index contributed by atoms with van der Waals surface area (Å²) in [7, 11) is 1.59. The maximum absolute atomic E-state index is 12.3. The molecule has 6 nitrogen and oxygen atoms in total. The minimum atomic E-state index is -0.592. The van der Waals surface area contributed by atoms with Crippen LogP contribution in [0.15, 0.2) is 54.6 Å². The summed E-state index contributed by atoms with van der Waals surface area (Å²) < 4.78 is 16.0. The van der Waals surface area contributed by atoms with Crippen molar-refractivity contribution in [2.24, 2.45) is 0 Å². The zero-order chi connectivity index (χ0) is 21.3. The number of carbonyl (C=O) groups is 2. The third-order valence-electron chi connectivity index (χ3n) is 3.98. The Hall–Kier alpha value is -3.02. The van der Waals surface area contributed by atoms with E-state index in [4.69, 9.17) is 14.2 Å². The van der Waals surface area contributed by atoms with E-state index >= 15 is 0 Å². The van der Waals surface area contributed by atoms with Gasteiger partial charge < -0.3 is 19.5 Å². The van der Waals surface area contributed by atoms with E-state index < -0.39 is 17.7 Å². The average molecular weight is 399 g/mol. The Morgan fingerprint density at radius 2 is 1.69 bits per heavy atom. The molecule has 0 heterocycles. The Kier molecular flexibility index (Phi) is 8.07. The summed E-state index contributed by atoms with van der Waals surface area (Å²) in [6, 6.07) is 16.4. The first kappa shape index (κ1) is 22.3. The molecule has 0 aliphatic carbocycles. The van der Waals surface area contributed by atoms with Gasteiger partial charge in [0.05, 0.1) is 13.5 Å². The molecule has 2 aromatic carbocycles. The first-order valence-electron chi connectivity index (χ1n) is 9.57. The van der Waals surface area contributed by atoms with Crippen LogP contribution in [-0.2, 0) is 27.3 Å². The van der Waals surface area contributed by atoms with Crippen LogP contribution in [0.2, 0.25) is 0 Å². The summed E-state index contributed by atoms with van der Waals surface area (Å²) >= 11 is 0. The predicted octanol–water partition coefficient (Wildman–Crippen LogP) is 4.26. The quantitative estimate of drug-likeness (QED) is 0.671. The Bertz CT molecular complexity index is 798. The highest BCUT2D eigenvalue weighted by Crippen LogP contribution is 2.16. The summed E-state index contributed by atoms with van der Waals surface area (Å²) in [6.07, 6.45) is -0.100. The summed E-state index contributed by atoms with van der Waals surface area (Å²) in [5.74, 6) is 0.332. The van der Waals surface area contributed by atoms with Crippen LogP contribution in [0.1, 0.15) is 38.3 Å². The highest BCUT2D eigenvalue weighted by Gasteiger charge is 2.23. The highest BCUT2D eigenvalue weighted by molar-refractivity contribution is 5.73. The van der Waals surface area contributed by atoms with Crippen molar-refractivity contribution < 1.29 is 23.8 Å². The molecular formula is C23H29NO5. The van der Waals surface area contributed by atoms with Crippen molar-refractivity contribution in [2.75, 3.05) is 7.11 Å². The van der Waals surface area contributed by atoms with E-state index in [1.165, 1.54) is 0 Å². The van der Waals surface area contributed by atoms with Crippen molar-refractivity contribution in [3.05, 3.63) is 65.7 Å². The van der Waals surface area contributed by atoms with Gasteiger partial charge in [-0.15, -0.1) is 0 Å². The van der Waals surface area contributed by atoms with Crippen molar-refractivity contribution in [1.82, 2.24) is 5.32 Å². The van der Waals surface area contributed by atoms with Gasteiger partial charge in [0.25, 0.3) is 0 Å². The smallest absolute Gasteiger partial charge is 0.407 e. The maximum atomic E-state index is 12.3. The van der Waals surface area contributed by atoms with Crippen LogP contribution < -0.4 is 10.1 Å². The monoisotopic (exact) mass is 399 g/mol. The molecular weight excluding hydrogens is 370 g/mol. The van der Waals surface area contributed by atoms with Crippen LogP contribution in [0.3, 0.4) is 0 Å². The molecule has 0 spiro atoms. The number of benzene rings is 2. The number of hydrogen-bond donors (Lipinski definition) is 1. The minimum absolute atomic E-state index is 0.0366. The lowest BCUT2D eigenvalue weighted by atomic mass is 10.0. The molecule has 6 heteroatoms. The van der Waals surface area contributed by atoms with Crippen molar-refractivity contribution in [2.45, 2.75) is 51.9 Å². The fourth-order valence-electron chi connectivity index (χ4n) is 2.77. The molecule has 0 saturated carbocycles. The standard InChI is InChI=1S/C23H29NO5/c1-23(2,3)29-21(25)15-19(13-18-11-8-12-20(14-18)27-4)24-22(26)28-16-17-9-6-5-7-10-17/h5-12,14,19H,13,15-16H2,1-4H3,(H,24,26)/t19-/m1/s1. The first-order chi connectivity index (χ1) is 13.7. The van der Waals surface area contributed by atoms with E-state index in [1.54, 1.807) is 7.11 Å². The summed E-state index contributed by atoms with van der Waals surface area (Å²) in [6.45, 7) is 5.58. The van der Waals surface area contributed by atoms with E-state index in [0.29, 0.717) is 12.2 Å². The average Bonchev–Trinajstić information content (AvgIpc) is 2.65. The molecule has 0 unspecified atom stereocenters. The third kappa shape index (κ3) is 8.68. The topological polar surface area (TPSA) is 73.9 Å². The SMILES string of the molecule is COc1cccc(C[C@H](CC(=O)OC(C)(C)C)NC(=O)OCc2ccccc2)c1. The fraction of sp³-hybridized carbons (Fsp3) is 0.391. The van der Waals surface area contributed by atoms with Gasteiger partial charge in [-0.25, -0.2) is 4.79 Å². The second-order valence-corrected chi connectivity index (χ2v) is 7.75. The van der Waals surface area contributed by atoms with Gasteiger partial charge in [0.15, 0.2) is 0 Å². The van der Waals surface area contributed by atoms with Crippen LogP contribution in [-0.4, -0.2) is 30.8 Å². The van der Waals surface area contributed by atoms with E-state index in [9.17, 15) is 9.59 Å². The van der Waals surface area contributed by atoms with Crippen molar-refractivity contribution in [3.8, 4) is 5.75 Å². The molecule has 0 radical (unpaired) electrons. The molecule has 2 rings (SSSR count). The molecule has 1 amide bonds. The number of esters is 1. The van der Waals surface area contributed by atoms with Crippen LogP contribution in [0.4, 0.5) is 4.79 Å². The van der Waals surface area contributed by atoms with Gasteiger partial charge in [0.2, 0.25) is 0 Å². The van der Waals surface area contributed by atoms with Gasteiger partial charge in [-0.1, -0.05) is 42.5 Å². The van der Waals surface area contributed by atoms with E-state index in [-0.39, 0.29) is 19.0 Å². The number of ether oxygens (including phenoxy) is 3. The van der Waals surface area contributed by atoms with Crippen molar-refractivity contribution >= 4 is 12.1 Å². The molecule has 0 fully saturated rings. The Balaban J connectivity index is 2.02. The van der Waals surface area contributed by atoms with E-state index in [2.05, 4.69) is 5.32 Å². The molecule has 29 heavy (non-hydrogen) atoms. The van der Waals surface area contributed by atoms with Crippen LogP contribution >= 0.6 is 0 Å². The molecule has 0 aliphatic rings. The van der Waals surface area contributed by atoms with Gasteiger partial charge in [0.1, 0.15) is 18.0 Å². The zero-order valence-corrected chi connectivity index (χ0v) is 17.4. The number of nitrogens with one attached hydrogen (secondary N) is 1. The number of amides is 1.